The summed E-state index contributed by atoms with van der Waals surface area (Å²) in [5, 5.41) is 10.5. The van der Waals surface area contributed by atoms with Crippen LogP contribution in [-0.4, -0.2) is 20.7 Å². The Balaban J connectivity index is 2.04. The van der Waals surface area contributed by atoms with Gasteiger partial charge in [-0.25, -0.2) is 0 Å². The second kappa shape index (κ2) is 3.25. The summed E-state index contributed by atoms with van der Waals surface area (Å²) in [4.78, 5) is 11.6. The van der Waals surface area contributed by atoms with Crippen molar-refractivity contribution < 1.29 is 9.90 Å². The number of carboxylic acids is 1. The summed E-state index contributed by atoms with van der Waals surface area (Å²) in [6, 6.07) is 0. The van der Waals surface area contributed by atoms with Crippen LogP contribution in [0.5, 0.6) is 0 Å². The van der Waals surface area contributed by atoms with Gasteiger partial charge >= 0.3 is 5.97 Å². The highest BCUT2D eigenvalue weighted by Crippen LogP contribution is 2.69. The molecule has 0 radical (unpaired) electrons. The Morgan fingerprint density at radius 2 is 2.00 bits per heavy atom. The Bertz CT molecular complexity index is 359. The second-order valence-corrected chi connectivity index (χ2v) is 8.62. The molecule has 4 aliphatic carbocycles. The summed E-state index contributed by atoms with van der Waals surface area (Å²) in [6.07, 6.45) is 6.17. The first-order valence-electron chi connectivity index (χ1n) is 5.89. The topological polar surface area (TPSA) is 37.3 Å². The summed E-state index contributed by atoms with van der Waals surface area (Å²) < 4.78 is 0.110. The maximum absolute atomic E-state index is 11.6. The van der Waals surface area contributed by atoms with Crippen LogP contribution in [0.3, 0.4) is 0 Å². The number of hydrogen-bond acceptors (Lipinski definition) is 1. The van der Waals surface area contributed by atoms with E-state index in [1.807, 2.05) is 0 Å². The largest absolute Gasteiger partial charge is 0.481 e. The third kappa shape index (κ3) is 1.45. The van der Waals surface area contributed by atoms with Gasteiger partial charge in [0.1, 0.15) is 0 Å². The number of aliphatic carboxylic acids is 1. The molecule has 1 N–H and O–H groups in total. The molecular weight excluding hydrogens is 336 g/mol. The molecular formula is C12H16Br2O2. The van der Waals surface area contributed by atoms with Gasteiger partial charge in [-0.3, -0.25) is 4.79 Å². The molecule has 0 aromatic carbocycles. The molecule has 0 saturated heterocycles. The van der Waals surface area contributed by atoms with Gasteiger partial charge in [0.05, 0.1) is 5.41 Å². The van der Waals surface area contributed by atoms with Crippen molar-refractivity contribution >= 4 is 37.8 Å². The summed E-state index contributed by atoms with van der Waals surface area (Å²) in [7, 11) is 0. The van der Waals surface area contributed by atoms with Crippen molar-refractivity contribution in [3.05, 3.63) is 0 Å². The van der Waals surface area contributed by atoms with Crippen LogP contribution in [0.25, 0.3) is 0 Å². The van der Waals surface area contributed by atoms with Crippen LogP contribution in [0.15, 0.2) is 0 Å². The van der Waals surface area contributed by atoms with Gasteiger partial charge in [0.25, 0.3) is 0 Å². The highest BCUT2D eigenvalue weighted by Gasteiger charge is 2.64. The fourth-order valence-corrected chi connectivity index (χ4v) is 7.12. The molecule has 0 aromatic heterocycles. The molecule has 90 valence electrons. The van der Waals surface area contributed by atoms with Crippen molar-refractivity contribution in [2.45, 2.75) is 42.8 Å². The van der Waals surface area contributed by atoms with Crippen molar-refractivity contribution in [1.82, 2.24) is 0 Å². The quantitative estimate of drug-likeness (QED) is 0.772. The number of carbonyl (C=O) groups is 1. The number of carboxylic acid groups (broad SMARTS) is 1. The smallest absolute Gasteiger partial charge is 0.309 e. The first kappa shape index (κ1) is 11.5. The highest BCUT2D eigenvalue weighted by atomic mass is 79.9. The van der Waals surface area contributed by atoms with Crippen LogP contribution in [-0.2, 0) is 4.79 Å². The molecule has 4 aliphatic rings. The zero-order valence-corrected chi connectivity index (χ0v) is 12.3. The average Bonchev–Trinajstić information content (AvgIpc) is 2.13. The summed E-state index contributed by atoms with van der Waals surface area (Å²) >= 11 is 7.47. The zero-order chi connectivity index (χ0) is 11.6. The van der Waals surface area contributed by atoms with Crippen molar-refractivity contribution in [3.63, 3.8) is 0 Å². The lowest BCUT2D eigenvalue weighted by atomic mass is 9.44. The van der Waals surface area contributed by atoms with Gasteiger partial charge in [-0.05, 0) is 49.9 Å². The Morgan fingerprint density at radius 3 is 2.56 bits per heavy atom. The molecule has 4 rings (SSSR count). The second-order valence-electron chi connectivity index (χ2n) is 6.38. The van der Waals surface area contributed by atoms with E-state index in [-0.39, 0.29) is 9.74 Å². The molecule has 4 saturated carbocycles. The van der Waals surface area contributed by atoms with Gasteiger partial charge < -0.3 is 5.11 Å². The zero-order valence-electron chi connectivity index (χ0n) is 9.14. The number of halogens is 2. The molecule has 4 bridgehead atoms. The van der Waals surface area contributed by atoms with Crippen LogP contribution in [0.2, 0.25) is 0 Å². The van der Waals surface area contributed by atoms with E-state index in [0.29, 0.717) is 5.92 Å². The predicted molar refractivity (Wildman–Crippen MR) is 69.1 cm³/mol. The molecule has 4 atom stereocenters. The Labute approximate surface area is 112 Å². The van der Waals surface area contributed by atoms with Gasteiger partial charge in [-0.15, -0.1) is 0 Å². The Hall–Kier alpha value is 0.430. The predicted octanol–water partition coefficient (Wildman–Crippen LogP) is 3.57. The summed E-state index contributed by atoms with van der Waals surface area (Å²) in [5.74, 6) is 0.0509. The number of hydrogen-bond donors (Lipinski definition) is 1. The van der Waals surface area contributed by atoms with Gasteiger partial charge in [0, 0.05) is 9.65 Å². The number of alkyl halides is 2. The Morgan fingerprint density at radius 1 is 1.25 bits per heavy atom. The average molecular weight is 352 g/mol. The molecule has 4 fully saturated rings. The van der Waals surface area contributed by atoms with E-state index >= 15 is 0 Å². The minimum absolute atomic E-state index is 0.110. The van der Waals surface area contributed by atoms with Gasteiger partial charge in [-0.1, -0.05) is 31.9 Å². The fourth-order valence-electron chi connectivity index (χ4n) is 4.90. The fraction of sp³-hybridized carbons (Fsp3) is 0.917. The van der Waals surface area contributed by atoms with E-state index < -0.39 is 11.4 Å². The molecule has 4 heteroatoms. The summed E-state index contributed by atoms with van der Waals surface area (Å²) in [5.41, 5.74) is -0.196. The van der Waals surface area contributed by atoms with Gasteiger partial charge in [-0.2, -0.15) is 0 Å². The van der Waals surface area contributed by atoms with Crippen molar-refractivity contribution in [1.29, 1.82) is 0 Å². The lowest BCUT2D eigenvalue weighted by molar-refractivity contribution is -0.168. The van der Waals surface area contributed by atoms with Crippen LogP contribution in [0, 0.1) is 16.7 Å². The first-order chi connectivity index (χ1) is 7.41. The van der Waals surface area contributed by atoms with Gasteiger partial charge in [0.2, 0.25) is 0 Å². The summed E-state index contributed by atoms with van der Waals surface area (Å²) in [6.45, 7) is 0. The minimum atomic E-state index is -0.564. The molecule has 2 nitrogen and oxygen atoms in total. The standard InChI is InChI=1S/C12H16Br2O2/c13-7-10-1-8-2-11(4-10,9(15)16)6-12(14,3-8)5-10/h8H,1-7H2,(H,15,16). The van der Waals surface area contributed by atoms with Crippen molar-refractivity contribution in [2.75, 3.05) is 5.33 Å². The molecule has 4 unspecified atom stereocenters. The van der Waals surface area contributed by atoms with Crippen LogP contribution >= 0.6 is 31.9 Å². The molecule has 0 aromatic rings. The van der Waals surface area contributed by atoms with Crippen LogP contribution in [0.1, 0.15) is 38.5 Å². The SMILES string of the molecule is O=C(O)C12CC3CC(Br)(CC(CBr)(C3)C1)C2. The normalized spacial score (nSPS) is 54.2. The third-order valence-corrected chi connectivity index (χ3v) is 6.93. The highest BCUT2D eigenvalue weighted by molar-refractivity contribution is 9.10. The minimum Gasteiger partial charge on any atom is -0.481 e. The maximum Gasteiger partial charge on any atom is 0.309 e. The van der Waals surface area contributed by atoms with Crippen molar-refractivity contribution in [3.8, 4) is 0 Å². The monoisotopic (exact) mass is 350 g/mol. The van der Waals surface area contributed by atoms with Crippen LogP contribution < -0.4 is 0 Å². The lowest BCUT2D eigenvalue weighted by Gasteiger charge is -2.63. The molecule has 0 spiro atoms. The third-order valence-electron chi connectivity index (χ3n) is 4.85. The van der Waals surface area contributed by atoms with E-state index in [9.17, 15) is 9.90 Å². The van der Waals surface area contributed by atoms with Gasteiger partial charge in [0.15, 0.2) is 0 Å². The van der Waals surface area contributed by atoms with E-state index in [1.165, 1.54) is 12.8 Å². The number of rotatable bonds is 2. The molecule has 16 heavy (non-hydrogen) atoms. The lowest BCUT2D eigenvalue weighted by Crippen LogP contribution is -2.60. The van der Waals surface area contributed by atoms with E-state index in [0.717, 1.165) is 31.0 Å². The van der Waals surface area contributed by atoms with E-state index in [4.69, 9.17) is 0 Å². The van der Waals surface area contributed by atoms with E-state index in [1.54, 1.807) is 0 Å². The first-order valence-corrected chi connectivity index (χ1v) is 7.81. The maximum atomic E-state index is 11.6. The van der Waals surface area contributed by atoms with Crippen molar-refractivity contribution in [2.24, 2.45) is 16.7 Å². The molecule has 0 heterocycles. The molecule has 0 aliphatic heterocycles. The van der Waals surface area contributed by atoms with E-state index in [2.05, 4.69) is 31.9 Å². The van der Waals surface area contributed by atoms with Crippen LogP contribution in [0.4, 0.5) is 0 Å². The molecule has 0 amide bonds. The Kier molecular flexibility index (Phi) is 2.34.